The molecule has 0 radical (unpaired) electrons. The zero-order valence-electron chi connectivity index (χ0n) is 14.0. The number of rotatable bonds is 4. The van der Waals surface area contributed by atoms with Gasteiger partial charge in [-0.3, -0.25) is 0 Å². The Morgan fingerprint density at radius 2 is 2.12 bits per heavy atom. The van der Waals surface area contributed by atoms with Crippen LogP contribution in [-0.2, 0) is 11.3 Å². The van der Waals surface area contributed by atoms with E-state index in [-0.39, 0.29) is 12.7 Å². The Morgan fingerprint density at radius 1 is 1.28 bits per heavy atom. The van der Waals surface area contributed by atoms with Gasteiger partial charge in [0, 0.05) is 11.9 Å². The zero-order valence-corrected chi connectivity index (χ0v) is 14.8. The van der Waals surface area contributed by atoms with Crippen LogP contribution >= 0.6 is 11.3 Å². The van der Waals surface area contributed by atoms with E-state index in [1.807, 2.05) is 17.5 Å². The molecular formula is C19H20N2O3S. The third-order valence-electron chi connectivity index (χ3n) is 4.48. The molecule has 6 heteroatoms. The predicted molar refractivity (Wildman–Crippen MR) is 99.4 cm³/mol. The molecule has 1 atom stereocenters. The van der Waals surface area contributed by atoms with Crippen LogP contribution in [0, 0.1) is 0 Å². The number of morpholine rings is 1. The molecule has 1 N–H and O–H groups in total. The Labute approximate surface area is 150 Å². The van der Waals surface area contributed by atoms with Gasteiger partial charge in [-0.2, -0.15) is 0 Å². The molecule has 2 heterocycles. The van der Waals surface area contributed by atoms with E-state index in [4.69, 9.17) is 9.47 Å². The Morgan fingerprint density at radius 3 is 2.92 bits per heavy atom. The zero-order chi connectivity index (χ0) is 17.2. The highest BCUT2D eigenvalue weighted by Crippen LogP contribution is 2.30. The van der Waals surface area contributed by atoms with Crippen LogP contribution in [0.1, 0.15) is 17.4 Å². The van der Waals surface area contributed by atoms with E-state index in [9.17, 15) is 5.11 Å². The number of methoxy groups -OCH3 is 1. The van der Waals surface area contributed by atoms with E-state index in [1.54, 1.807) is 18.4 Å². The summed E-state index contributed by atoms with van der Waals surface area (Å²) in [5.74, 6) is 0.865. The minimum absolute atomic E-state index is 0.0155. The van der Waals surface area contributed by atoms with Crippen LogP contribution < -0.4 is 9.64 Å². The summed E-state index contributed by atoms with van der Waals surface area (Å²) >= 11 is 1.57. The minimum atomic E-state index is -0.0155. The van der Waals surface area contributed by atoms with Gasteiger partial charge in [0.1, 0.15) is 11.9 Å². The molecule has 0 bridgehead atoms. The van der Waals surface area contributed by atoms with Crippen LogP contribution in [0.5, 0.6) is 5.75 Å². The molecule has 0 aliphatic carbocycles. The van der Waals surface area contributed by atoms with Crippen LogP contribution in [0.15, 0.2) is 41.8 Å². The predicted octanol–water partition coefficient (Wildman–Crippen LogP) is 3.38. The lowest BCUT2D eigenvalue weighted by Crippen LogP contribution is -2.38. The summed E-state index contributed by atoms with van der Waals surface area (Å²) in [6.07, 6.45) is 0.0155. The second-order valence-corrected chi connectivity index (χ2v) is 6.89. The van der Waals surface area contributed by atoms with E-state index < -0.39 is 0 Å². The third kappa shape index (κ3) is 3.33. The van der Waals surface area contributed by atoms with Crippen molar-refractivity contribution in [2.75, 3.05) is 31.7 Å². The molecule has 3 aromatic rings. The number of aliphatic hydroxyl groups is 1. The maximum atomic E-state index is 9.21. The van der Waals surface area contributed by atoms with Crippen molar-refractivity contribution in [1.82, 2.24) is 4.98 Å². The van der Waals surface area contributed by atoms with Gasteiger partial charge in [0.15, 0.2) is 5.13 Å². The highest BCUT2D eigenvalue weighted by atomic mass is 32.1. The maximum absolute atomic E-state index is 9.21. The molecule has 0 unspecified atom stereocenters. The summed E-state index contributed by atoms with van der Waals surface area (Å²) in [6.45, 7) is 2.23. The monoisotopic (exact) mass is 356 g/mol. The van der Waals surface area contributed by atoms with Crippen molar-refractivity contribution in [3.05, 3.63) is 53.0 Å². The maximum Gasteiger partial charge on any atom is 0.185 e. The molecule has 1 aliphatic rings. The number of fused-ring (bicyclic) bond motifs is 1. The smallest absolute Gasteiger partial charge is 0.185 e. The summed E-state index contributed by atoms with van der Waals surface area (Å²) in [6, 6.07) is 12.5. The molecular weight excluding hydrogens is 336 g/mol. The van der Waals surface area contributed by atoms with Crippen LogP contribution in [0.2, 0.25) is 0 Å². The molecule has 1 aromatic heterocycles. The first-order chi connectivity index (χ1) is 12.3. The fraction of sp³-hybridized carbons (Fsp3) is 0.316. The average molecular weight is 356 g/mol. The molecule has 1 fully saturated rings. The molecule has 2 aromatic carbocycles. The van der Waals surface area contributed by atoms with E-state index in [1.165, 1.54) is 10.9 Å². The van der Waals surface area contributed by atoms with Crippen molar-refractivity contribution >= 4 is 27.2 Å². The van der Waals surface area contributed by atoms with Crippen LogP contribution in [0.4, 0.5) is 5.13 Å². The van der Waals surface area contributed by atoms with Crippen molar-refractivity contribution in [2.45, 2.75) is 12.7 Å². The number of hydrogen-bond acceptors (Lipinski definition) is 6. The Hall–Kier alpha value is -2.15. The molecule has 0 amide bonds. The van der Waals surface area contributed by atoms with Gasteiger partial charge in [0.2, 0.25) is 0 Å². The third-order valence-corrected chi connectivity index (χ3v) is 5.43. The summed E-state index contributed by atoms with van der Waals surface area (Å²) in [5, 5.41) is 14.4. The van der Waals surface area contributed by atoms with Crippen LogP contribution in [0.25, 0.3) is 10.8 Å². The summed E-state index contributed by atoms with van der Waals surface area (Å²) in [5.41, 5.74) is 1.89. The normalized spacial score (nSPS) is 17.8. The van der Waals surface area contributed by atoms with Crippen LogP contribution in [-0.4, -0.2) is 36.9 Å². The van der Waals surface area contributed by atoms with Crippen LogP contribution in [0.3, 0.4) is 0 Å². The molecule has 0 saturated carbocycles. The summed E-state index contributed by atoms with van der Waals surface area (Å²) in [4.78, 5) is 6.71. The van der Waals surface area contributed by atoms with Gasteiger partial charge in [-0.15, -0.1) is 11.3 Å². The average Bonchev–Trinajstić information content (AvgIpc) is 3.16. The Bertz CT molecular complexity index is 880. The topological polar surface area (TPSA) is 54.8 Å². The van der Waals surface area contributed by atoms with Crippen molar-refractivity contribution in [3.8, 4) is 5.75 Å². The first kappa shape index (κ1) is 16.3. The molecule has 130 valence electrons. The fourth-order valence-electron chi connectivity index (χ4n) is 3.11. The number of aromatic nitrogens is 1. The Balaban J connectivity index is 1.57. The quantitative estimate of drug-likeness (QED) is 0.777. The second-order valence-electron chi connectivity index (χ2n) is 6.06. The standard InChI is InChI=1S/C19H20N2O3S/c1-23-17-5-4-13-8-15(3-2-14(13)9-17)18-10-21(6-7-24-18)19-20-16(11-22)12-25-19/h2-5,8-9,12,18,22H,6-7,10-11H2,1H3/t18-/m1/s1. The van der Waals surface area contributed by atoms with Crippen molar-refractivity contribution < 1.29 is 14.6 Å². The molecule has 1 aliphatic heterocycles. The van der Waals surface area contributed by atoms with Gasteiger partial charge >= 0.3 is 0 Å². The number of ether oxygens (including phenoxy) is 2. The second kappa shape index (κ2) is 7.00. The lowest BCUT2D eigenvalue weighted by molar-refractivity contribution is 0.0398. The molecule has 0 spiro atoms. The summed E-state index contributed by atoms with van der Waals surface area (Å²) < 4.78 is 11.3. The highest BCUT2D eigenvalue weighted by Gasteiger charge is 2.24. The van der Waals surface area contributed by atoms with Gasteiger partial charge in [0.05, 0.1) is 32.6 Å². The number of nitrogens with zero attached hydrogens (tertiary/aromatic N) is 2. The lowest BCUT2D eigenvalue weighted by Gasteiger charge is -2.33. The van der Waals surface area contributed by atoms with Crippen molar-refractivity contribution in [1.29, 1.82) is 0 Å². The van der Waals surface area contributed by atoms with E-state index >= 15 is 0 Å². The molecule has 4 rings (SSSR count). The first-order valence-electron chi connectivity index (χ1n) is 8.26. The van der Waals surface area contributed by atoms with Gasteiger partial charge in [-0.25, -0.2) is 4.98 Å². The molecule has 25 heavy (non-hydrogen) atoms. The Kier molecular flexibility index (Phi) is 4.57. The number of aliphatic hydroxyl groups excluding tert-OH is 1. The van der Waals surface area contributed by atoms with Gasteiger partial charge in [-0.05, 0) is 34.5 Å². The first-order valence-corrected chi connectivity index (χ1v) is 9.14. The van der Waals surface area contributed by atoms with E-state index in [2.05, 4.69) is 34.1 Å². The van der Waals surface area contributed by atoms with E-state index in [0.717, 1.165) is 35.1 Å². The number of benzene rings is 2. The SMILES string of the molecule is COc1ccc2cc([C@H]3CN(c4nc(CO)cs4)CCO3)ccc2c1. The minimum Gasteiger partial charge on any atom is -0.497 e. The summed E-state index contributed by atoms with van der Waals surface area (Å²) in [7, 11) is 1.68. The van der Waals surface area contributed by atoms with Crippen molar-refractivity contribution in [2.24, 2.45) is 0 Å². The number of anilines is 1. The highest BCUT2D eigenvalue weighted by molar-refractivity contribution is 7.13. The number of thiazole rings is 1. The molecule has 5 nitrogen and oxygen atoms in total. The lowest BCUT2D eigenvalue weighted by atomic mass is 10.0. The number of hydrogen-bond donors (Lipinski definition) is 1. The van der Waals surface area contributed by atoms with Gasteiger partial charge < -0.3 is 19.5 Å². The van der Waals surface area contributed by atoms with E-state index in [0.29, 0.717) is 6.61 Å². The van der Waals surface area contributed by atoms with Crippen molar-refractivity contribution in [3.63, 3.8) is 0 Å². The van der Waals surface area contributed by atoms with Gasteiger partial charge in [0.25, 0.3) is 0 Å². The largest absolute Gasteiger partial charge is 0.497 e. The molecule has 1 saturated heterocycles. The fourth-order valence-corrected chi connectivity index (χ4v) is 3.96. The van der Waals surface area contributed by atoms with Gasteiger partial charge in [-0.1, -0.05) is 18.2 Å².